The molecule has 0 saturated heterocycles. The first-order chi connectivity index (χ1) is 12.1. The van der Waals surface area contributed by atoms with Gasteiger partial charge in [-0.2, -0.15) is 0 Å². The molecule has 0 radical (unpaired) electrons. The Balaban J connectivity index is 1.49. The van der Waals surface area contributed by atoms with E-state index in [1.807, 2.05) is 6.07 Å². The van der Waals surface area contributed by atoms with Gasteiger partial charge < -0.3 is 10.2 Å². The van der Waals surface area contributed by atoms with E-state index in [0.29, 0.717) is 13.0 Å². The number of nitrogens with one attached hydrogen (secondary N) is 1. The predicted molar refractivity (Wildman–Crippen MR) is 106 cm³/mol. The molecule has 3 aromatic rings. The minimum Gasteiger partial charge on any atom is -0.352 e. The number of likely N-dealkylation sites (N-methyl/N-ethyl adjacent to an activating group) is 1. The highest BCUT2D eigenvalue weighted by molar-refractivity contribution is 7.17. The fourth-order valence-corrected chi connectivity index (χ4v) is 3.52. The second kappa shape index (κ2) is 8.28. The number of benzene rings is 2. The van der Waals surface area contributed by atoms with Crippen molar-refractivity contribution in [2.75, 3.05) is 20.6 Å². The maximum absolute atomic E-state index is 12.2. The van der Waals surface area contributed by atoms with Crippen molar-refractivity contribution >= 4 is 27.3 Å². The summed E-state index contributed by atoms with van der Waals surface area (Å²) in [6.07, 6.45) is 1.47. The molecule has 4 heteroatoms. The van der Waals surface area contributed by atoms with E-state index in [4.69, 9.17) is 0 Å². The number of hydrogen-bond acceptors (Lipinski definition) is 3. The largest absolute Gasteiger partial charge is 0.352 e. The third kappa shape index (κ3) is 5.15. The van der Waals surface area contributed by atoms with Gasteiger partial charge >= 0.3 is 0 Å². The summed E-state index contributed by atoms with van der Waals surface area (Å²) in [5, 5.41) is 6.31. The normalized spacial score (nSPS) is 11.2. The molecule has 0 saturated carbocycles. The third-order valence-corrected chi connectivity index (χ3v) is 5.14. The predicted octanol–water partition coefficient (Wildman–Crippen LogP) is 3.86. The average molecular weight is 353 g/mol. The van der Waals surface area contributed by atoms with E-state index in [9.17, 15) is 4.79 Å². The Labute approximate surface area is 153 Å². The number of carbonyl (C=O) groups excluding carboxylic acids is 1. The fourth-order valence-electron chi connectivity index (χ4n) is 2.75. The van der Waals surface area contributed by atoms with Crippen molar-refractivity contribution in [3.63, 3.8) is 0 Å². The third-order valence-electron chi connectivity index (χ3n) is 4.24. The number of rotatable bonds is 7. The van der Waals surface area contributed by atoms with E-state index in [-0.39, 0.29) is 5.91 Å². The molecular weight excluding hydrogens is 328 g/mol. The van der Waals surface area contributed by atoms with E-state index in [0.717, 1.165) is 24.1 Å². The summed E-state index contributed by atoms with van der Waals surface area (Å²) < 4.78 is 1.26. The molecule has 1 amide bonds. The summed E-state index contributed by atoms with van der Waals surface area (Å²) in [6, 6.07) is 16.8. The lowest BCUT2D eigenvalue weighted by molar-refractivity contribution is -0.120. The summed E-state index contributed by atoms with van der Waals surface area (Å²) in [5.41, 5.74) is 3.52. The molecular formula is C21H24N2OS. The Kier molecular flexibility index (Phi) is 5.84. The van der Waals surface area contributed by atoms with Gasteiger partial charge in [-0.25, -0.2) is 0 Å². The van der Waals surface area contributed by atoms with Crippen LogP contribution in [-0.4, -0.2) is 31.4 Å². The topological polar surface area (TPSA) is 32.3 Å². The highest BCUT2D eigenvalue weighted by Crippen LogP contribution is 2.21. The van der Waals surface area contributed by atoms with Gasteiger partial charge in [0.2, 0.25) is 5.91 Å². The van der Waals surface area contributed by atoms with Crippen LogP contribution in [0.5, 0.6) is 0 Å². The van der Waals surface area contributed by atoms with Crippen LogP contribution in [0.25, 0.3) is 10.1 Å². The highest BCUT2D eigenvalue weighted by Gasteiger charge is 2.05. The molecule has 0 spiro atoms. The molecule has 130 valence electrons. The van der Waals surface area contributed by atoms with Crippen LogP contribution in [0.1, 0.15) is 16.7 Å². The first-order valence-electron chi connectivity index (χ1n) is 8.55. The Morgan fingerprint density at radius 3 is 2.48 bits per heavy atom. The van der Waals surface area contributed by atoms with E-state index < -0.39 is 0 Å². The van der Waals surface area contributed by atoms with Crippen molar-refractivity contribution in [3.05, 3.63) is 70.6 Å². The SMILES string of the molecule is CN(C)CCc1ccc(CNC(=O)Cc2ccc3sccc3c2)cc1. The molecule has 1 N–H and O–H groups in total. The van der Waals surface area contributed by atoms with Gasteiger partial charge in [-0.1, -0.05) is 30.3 Å². The van der Waals surface area contributed by atoms with Gasteiger partial charge in [0, 0.05) is 17.8 Å². The lowest BCUT2D eigenvalue weighted by atomic mass is 10.1. The zero-order valence-corrected chi connectivity index (χ0v) is 15.6. The Morgan fingerprint density at radius 2 is 1.72 bits per heavy atom. The van der Waals surface area contributed by atoms with Crippen molar-refractivity contribution in [1.29, 1.82) is 0 Å². The molecule has 0 aliphatic heterocycles. The molecule has 3 nitrogen and oxygen atoms in total. The summed E-state index contributed by atoms with van der Waals surface area (Å²) in [6.45, 7) is 1.62. The van der Waals surface area contributed by atoms with Crippen LogP contribution in [0.4, 0.5) is 0 Å². The van der Waals surface area contributed by atoms with Gasteiger partial charge in [0.15, 0.2) is 0 Å². The van der Waals surface area contributed by atoms with Crippen molar-refractivity contribution < 1.29 is 4.79 Å². The molecule has 0 aliphatic carbocycles. The number of nitrogens with zero attached hydrogens (tertiary/aromatic N) is 1. The Hall–Kier alpha value is -2.17. The van der Waals surface area contributed by atoms with Crippen LogP contribution in [0.15, 0.2) is 53.9 Å². The van der Waals surface area contributed by atoms with E-state index in [1.165, 1.54) is 15.6 Å². The van der Waals surface area contributed by atoms with Gasteiger partial charge in [0.25, 0.3) is 0 Å². The highest BCUT2D eigenvalue weighted by atomic mass is 32.1. The number of thiophene rings is 1. The van der Waals surface area contributed by atoms with Gasteiger partial charge in [-0.3, -0.25) is 4.79 Å². The first-order valence-corrected chi connectivity index (χ1v) is 9.43. The van der Waals surface area contributed by atoms with Gasteiger partial charge in [-0.05, 0) is 66.2 Å². The van der Waals surface area contributed by atoms with E-state index >= 15 is 0 Å². The minimum atomic E-state index is 0.0614. The monoisotopic (exact) mass is 352 g/mol. The minimum absolute atomic E-state index is 0.0614. The molecule has 25 heavy (non-hydrogen) atoms. The number of fused-ring (bicyclic) bond motifs is 1. The fraction of sp³-hybridized carbons (Fsp3) is 0.286. The average Bonchev–Trinajstić information content (AvgIpc) is 3.07. The van der Waals surface area contributed by atoms with Gasteiger partial charge in [-0.15, -0.1) is 11.3 Å². The Morgan fingerprint density at radius 1 is 1.00 bits per heavy atom. The zero-order valence-electron chi connectivity index (χ0n) is 14.8. The van der Waals surface area contributed by atoms with Crippen LogP contribution < -0.4 is 5.32 Å². The molecule has 0 unspecified atom stereocenters. The number of amides is 1. The molecule has 0 bridgehead atoms. The lowest BCUT2D eigenvalue weighted by Gasteiger charge is -2.10. The molecule has 0 fully saturated rings. The van der Waals surface area contributed by atoms with Crippen LogP contribution in [-0.2, 0) is 24.2 Å². The molecule has 2 aromatic carbocycles. The standard InChI is InChI=1S/C21H24N2OS/c1-23(2)11-9-16-3-5-17(6-4-16)15-22-21(24)14-18-7-8-20-19(13-18)10-12-25-20/h3-8,10,12-13H,9,11,14-15H2,1-2H3,(H,22,24). The Bertz CT molecular complexity index is 836. The molecule has 0 atom stereocenters. The van der Waals surface area contributed by atoms with E-state index in [1.54, 1.807) is 11.3 Å². The molecule has 1 heterocycles. The number of carbonyl (C=O) groups is 1. The smallest absolute Gasteiger partial charge is 0.224 e. The van der Waals surface area contributed by atoms with Crippen LogP contribution >= 0.6 is 11.3 Å². The summed E-state index contributed by atoms with van der Waals surface area (Å²) in [4.78, 5) is 14.4. The van der Waals surface area contributed by atoms with Crippen LogP contribution in [0.2, 0.25) is 0 Å². The van der Waals surface area contributed by atoms with Crippen molar-refractivity contribution in [2.45, 2.75) is 19.4 Å². The first kappa shape index (κ1) is 17.6. The molecule has 3 rings (SSSR count). The maximum Gasteiger partial charge on any atom is 0.224 e. The molecule has 1 aromatic heterocycles. The summed E-state index contributed by atoms with van der Waals surface area (Å²) >= 11 is 1.73. The summed E-state index contributed by atoms with van der Waals surface area (Å²) in [7, 11) is 4.17. The van der Waals surface area contributed by atoms with Crippen molar-refractivity contribution in [1.82, 2.24) is 10.2 Å². The number of hydrogen-bond donors (Lipinski definition) is 1. The quantitative estimate of drug-likeness (QED) is 0.700. The van der Waals surface area contributed by atoms with Gasteiger partial charge in [0.1, 0.15) is 0 Å². The van der Waals surface area contributed by atoms with Gasteiger partial charge in [0.05, 0.1) is 6.42 Å². The van der Waals surface area contributed by atoms with Crippen molar-refractivity contribution in [2.24, 2.45) is 0 Å². The second-order valence-electron chi connectivity index (χ2n) is 6.62. The maximum atomic E-state index is 12.2. The van der Waals surface area contributed by atoms with Crippen LogP contribution in [0, 0.1) is 0 Å². The second-order valence-corrected chi connectivity index (χ2v) is 7.56. The lowest BCUT2D eigenvalue weighted by Crippen LogP contribution is -2.24. The summed E-state index contributed by atoms with van der Waals surface area (Å²) in [5.74, 6) is 0.0614. The van der Waals surface area contributed by atoms with Crippen LogP contribution in [0.3, 0.4) is 0 Å². The zero-order chi connectivity index (χ0) is 17.6. The van der Waals surface area contributed by atoms with Crippen molar-refractivity contribution in [3.8, 4) is 0 Å². The van der Waals surface area contributed by atoms with E-state index in [2.05, 4.69) is 72.2 Å². The molecule has 0 aliphatic rings.